The van der Waals surface area contributed by atoms with Crippen molar-refractivity contribution < 1.29 is 10.0 Å². The van der Waals surface area contributed by atoms with Crippen LogP contribution in [0.3, 0.4) is 0 Å². The Kier molecular flexibility index (Phi) is 7.24. The monoisotopic (exact) mass is 467 g/mol. The number of para-hydroxylation sites is 1. The van der Waals surface area contributed by atoms with E-state index in [-0.39, 0.29) is 11.8 Å². The van der Waals surface area contributed by atoms with Crippen LogP contribution in [0.1, 0.15) is 58.6 Å². The molecule has 1 amide bonds. The maximum Gasteiger partial charge on any atom is 0.255 e. The van der Waals surface area contributed by atoms with Crippen molar-refractivity contribution >= 4 is 17.3 Å². The van der Waals surface area contributed by atoms with Crippen molar-refractivity contribution in [2.75, 3.05) is 25.0 Å². The van der Waals surface area contributed by atoms with Crippen LogP contribution in [0.5, 0.6) is 0 Å². The molecule has 0 radical (unpaired) electrons. The van der Waals surface area contributed by atoms with Crippen molar-refractivity contribution in [1.29, 1.82) is 0 Å². The van der Waals surface area contributed by atoms with Gasteiger partial charge in [-0.1, -0.05) is 65.8 Å². The second-order valence-electron chi connectivity index (χ2n) is 9.69. The molecule has 5 heteroatoms. The molecule has 1 aliphatic heterocycles. The van der Waals surface area contributed by atoms with E-state index in [4.69, 9.17) is 0 Å². The number of carbonyl (C=O) groups excluding carboxylic acids is 1. The van der Waals surface area contributed by atoms with Gasteiger partial charge in [0.15, 0.2) is 0 Å². The first-order valence-electron chi connectivity index (χ1n) is 12.7. The second-order valence-corrected chi connectivity index (χ2v) is 9.69. The number of nitrogens with zero attached hydrogens (tertiary/aromatic N) is 2. The number of anilines is 1. The van der Waals surface area contributed by atoms with E-state index in [1.165, 1.54) is 18.4 Å². The number of carbonyl (C=O) groups is 1. The zero-order valence-electron chi connectivity index (χ0n) is 20.1. The number of piperidine rings is 1. The molecule has 35 heavy (non-hydrogen) atoms. The number of rotatable bonds is 6. The highest BCUT2D eigenvalue weighted by molar-refractivity contribution is 6.10. The quantitative estimate of drug-likeness (QED) is 0.348. The van der Waals surface area contributed by atoms with Gasteiger partial charge in [-0.15, -0.1) is 0 Å². The lowest BCUT2D eigenvalue weighted by Crippen LogP contribution is -2.36. The Hall–Kier alpha value is -3.44. The average molecular weight is 468 g/mol. The van der Waals surface area contributed by atoms with Crippen molar-refractivity contribution in [3.8, 4) is 0 Å². The SMILES string of the molecule is O=C(Nc1ccccc1)c1cccc2c1CCC(CCN1CCC(c3ccccc3)CC1)/C2=N/O. The Morgan fingerprint density at radius 1 is 0.914 bits per heavy atom. The van der Waals surface area contributed by atoms with E-state index in [0.29, 0.717) is 11.5 Å². The zero-order chi connectivity index (χ0) is 24.0. The molecule has 3 aromatic carbocycles. The Bertz CT molecular complexity index is 1170. The first kappa shape index (κ1) is 23.3. The first-order chi connectivity index (χ1) is 17.2. The van der Waals surface area contributed by atoms with E-state index in [2.05, 4.69) is 45.7 Å². The van der Waals surface area contributed by atoms with Crippen LogP contribution in [0.25, 0.3) is 0 Å². The minimum absolute atomic E-state index is 0.120. The molecule has 0 aromatic heterocycles. The molecule has 0 saturated carbocycles. The summed E-state index contributed by atoms with van der Waals surface area (Å²) >= 11 is 0. The predicted octanol–water partition coefficient (Wildman–Crippen LogP) is 5.95. The van der Waals surface area contributed by atoms with Gasteiger partial charge in [0.05, 0.1) is 5.71 Å². The van der Waals surface area contributed by atoms with E-state index in [1.54, 1.807) is 0 Å². The third kappa shape index (κ3) is 5.30. The summed E-state index contributed by atoms with van der Waals surface area (Å²) in [6, 6.07) is 26.1. The molecule has 5 nitrogen and oxygen atoms in total. The lowest BCUT2D eigenvalue weighted by molar-refractivity contribution is 0.102. The smallest absolute Gasteiger partial charge is 0.255 e. The van der Waals surface area contributed by atoms with Gasteiger partial charge in [0, 0.05) is 22.7 Å². The summed E-state index contributed by atoms with van der Waals surface area (Å²) in [7, 11) is 0. The molecule has 1 fully saturated rings. The van der Waals surface area contributed by atoms with Gasteiger partial charge < -0.3 is 15.4 Å². The number of fused-ring (bicyclic) bond motifs is 1. The summed E-state index contributed by atoms with van der Waals surface area (Å²) in [6.45, 7) is 3.23. The van der Waals surface area contributed by atoms with Crippen LogP contribution < -0.4 is 5.32 Å². The highest BCUT2D eigenvalue weighted by atomic mass is 16.4. The minimum atomic E-state index is -0.120. The third-order valence-electron chi connectivity index (χ3n) is 7.62. The lowest BCUT2D eigenvalue weighted by Gasteiger charge is -2.34. The molecule has 3 aromatic rings. The van der Waals surface area contributed by atoms with E-state index < -0.39 is 0 Å². The molecule has 0 spiro atoms. The Morgan fingerprint density at radius 2 is 1.63 bits per heavy atom. The predicted molar refractivity (Wildman–Crippen MR) is 140 cm³/mol. The molecule has 1 atom stereocenters. The second kappa shape index (κ2) is 10.9. The fourth-order valence-corrected chi connectivity index (χ4v) is 5.67. The van der Waals surface area contributed by atoms with Crippen LogP contribution in [0.4, 0.5) is 5.69 Å². The van der Waals surface area contributed by atoms with Crippen molar-refractivity contribution in [2.45, 2.75) is 38.0 Å². The Morgan fingerprint density at radius 3 is 2.34 bits per heavy atom. The molecular weight excluding hydrogens is 434 g/mol. The normalized spacial score (nSPS) is 19.9. The fourth-order valence-electron chi connectivity index (χ4n) is 5.67. The average Bonchev–Trinajstić information content (AvgIpc) is 2.92. The number of oxime groups is 1. The molecular formula is C30H33N3O2. The summed E-state index contributed by atoms with van der Waals surface area (Å²) in [5, 5.41) is 16.7. The maximum absolute atomic E-state index is 13.0. The van der Waals surface area contributed by atoms with Crippen LogP contribution in [-0.4, -0.2) is 41.4 Å². The molecule has 1 unspecified atom stereocenters. The van der Waals surface area contributed by atoms with Gasteiger partial charge in [0.2, 0.25) is 0 Å². The molecule has 180 valence electrons. The summed E-state index contributed by atoms with van der Waals surface area (Å²) in [5.74, 6) is 0.737. The number of hydrogen-bond donors (Lipinski definition) is 2. The summed E-state index contributed by atoms with van der Waals surface area (Å²) in [6.07, 6.45) is 5.06. The molecule has 2 N–H and O–H groups in total. The fraction of sp³-hybridized carbons (Fsp3) is 0.333. The minimum Gasteiger partial charge on any atom is -0.411 e. The molecule has 5 rings (SSSR count). The Labute approximate surface area is 207 Å². The highest BCUT2D eigenvalue weighted by Crippen LogP contribution is 2.32. The van der Waals surface area contributed by atoms with Crippen LogP contribution in [0.2, 0.25) is 0 Å². The summed E-state index contributed by atoms with van der Waals surface area (Å²) in [4.78, 5) is 15.6. The van der Waals surface area contributed by atoms with Crippen LogP contribution in [0.15, 0.2) is 84.0 Å². The van der Waals surface area contributed by atoms with Gasteiger partial charge in [0.25, 0.3) is 5.91 Å². The van der Waals surface area contributed by atoms with Crippen molar-refractivity contribution in [3.63, 3.8) is 0 Å². The molecule has 1 aliphatic carbocycles. The third-order valence-corrected chi connectivity index (χ3v) is 7.62. The first-order valence-corrected chi connectivity index (χ1v) is 12.7. The summed E-state index contributed by atoms with van der Waals surface area (Å²) < 4.78 is 0. The zero-order valence-corrected chi connectivity index (χ0v) is 20.1. The van der Waals surface area contributed by atoms with Crippen LogP contribution >= 0.6 is 0 Å². The number of nitrogens with one attached hydrogen (secondary N) is 1. The van der Waals surface area contributed by atoms with Gasteiger partial charge in [-0.3, -0.25) is 4.79 Å². The molecule has 0 bridgehead atoms. The van der Waals surface area contributed by atoms with Crippen LogP contribution in [-0.2, 0) is 6.42 Å². The molecule has 1 saturated heterocycles. The number of amides is 1. The van der Waals surface area contributed by atoms with Gasteiger partial charge in [-0.2, -0.15) is 0 Å². The number of hydrogen-bond acceptors (Lipinski definition) is 4. The topological polar surface area (TPSA) is 64.9 Å². The van der Waals surface area contributed by atoms with Crippen molar-refractivity contribution in [1.82, 2.24) is 4.90 Å². The lowest BCUT2D eigenvalue weighted by atomic mass is 9.78. The molecule has 2 aliphatic rings. The van der Waals surface area contributed by atoms with Gasteiger partial charge in [0.1, 0.15) is 0 Å². The summed E-state index contributed by atoms with van der Waals surface area (Å²) in [5.41, 5.74) is 5.50. The van der Waals surface area contributed by atoms with E-state index in [1.807, 2.05) is 48.5 Å². The maximum atomic E-state index is 13.0. The van der Waals surface area contributed by atoms with Crippen molar-refractivity contribution in [2.24, 2.45) is 11.1 Å². The van der Waals surface area contributed by atoms with Gasteiger partial charge >= 0.3 is 0 Å². The standard InChI is InChI=1S/C30H33N3O2/c34-30(31-25-10-5-2-6-11-25)28-13-7-12-27-26(28)15-14-24(29(27)32-35)18-21-33-19-16-23(17-20-33)22-8-3-1-4-9-22/h1-13,23-24,35H,14-21H2,(H,31,34)/b32-29-. The van der Waals surface area contributed by atoms with E-state index >= 15 is 0 Å². The Balaban J connectivity index is 1.21. The van der Waals surface area contributed by atoms with E-state index in [9.17, 15) is 10.0 Å². The number of benzene rings is 3. The van der Waals surface area contributed by atoms with E-state index in [0.717, 1.165) is 61.4 Å². The largest absolute Gasteiger partial charge is 0.411 e. The van der Waals surface area contributed by atoms with Gasteiger partial charge in [-0.05, 0) is 87.0 Å². The van der Waals surface area contributed by atoms with Gasteiger partial charge in [-0.25, -0.2) is 0 Å². The van der Waals surface area contributed by atoms with Crippen LogP contribution in [0, 0.1) is 5.92 Å². The highest BCUT2D eigenvalue weighted by Gasteiger charge is 2.30. The van der Waals surface area contributed by atoms with Crippen molar-refractivity contribution in [3.05, 3.63) is 101 Å². The number of likely N-dealkylation sites (tertiary alicyclic amines) is 1. The molecule has 1 heterocycles.